The zero-order chi connectivity index (χ0) is 26.0. The molecule has 0 radical (unpaired) electrons. The predicted molar refractivity (Wildman–Crippen MR) is 136 cm³/mol. The van der Waals surface area contributed by atoms with Crippen molar-refractivity contribution in [2.24, 2.45) is 11.8 Å². The van der Waals surface area contributed by atoms with Crippen LogP contribution in [-0.4, -0.2) is 72.1 Å². The Bertz CT molecular complexity index is 1010. The Labute approximate surface area is 214 Å². The Hall–Kier alpha value is -2.66. The summed E-state index contributed by atoms with van der Waals surface area (Å²) in [5, 5.41) is 9.79. The molecular formula is C28H39FN4O3. The van der Waals surface area contributed by atoms with Gasteiger partial charge in [0.05, 0.1) is 18.0 Å². The van der Waals surface area contributed by atoms with Crippen LogP contribution in [-0.2, 0) is 16.0 Å². The number of piperazine rings is 1. The number of nitrogens with zero attached hydrogens (tertiary/aromatic N) is 4. The number of carbonyl (C=O) groups excluding carboxylic acids is 2. The maximum Gasteiger partial charge on any atom is 0.411 e. The molecule has 3 fully saturated rings. The highest BCUT2D eigenvalue weighted by Crippen LogP contribution is 2.44. The van der Waals surface area contributed by atoms with E-state index in [1.54, 1.807) is 17.0 Å². The molecule has 4 rings (SSSR count). The lowest BCUT2D eigenvalue weighted by Gasteiger charge is -2.36. The maximum atomic E-state index is 15.0. The van der Waals surface area contributed by atoms with E-state index in [1.807, 2.05) is 26.8 Å². The summed E-state index contributed by atoms with van der Waals surface area (Å²) in [6.07, 6.45) is 2.30. The molecule has 1 aromatic rings. The number of fused-ring (bicyclic) bond motifs is 2. The summed E-state index contributed by atoms with van der Waals surface area (Å²) in [7, 11) is 0. The molecular weight excluding hydrogens is 459 g/mol. The summed E-state index contributed by atoms with van der Waals surface area (Å²) < 4.78 is 20.6. The van der Waals surface area contributed by atoms with Gasteiger partial charge in [0.25, 0.3) is 0 Å². The number of halogens is 1. The lowest BCUT2D eigenvalue weighted by atomic mass is 9.88. The number of hydrogen-bond donors (Lipinski definition) is 0. The second-order valence-corrected chi connectivity index (χ2v) is 11.5. The molecule has 1 aromatic carbocycles. The Kier molecular flexibility index (Phi) is 7.89. The first-order valence-electron chi connectivity index (χ1n) is 13.3. The van der Waals surface area contributed by atoms with Crippen LogP contribution in [0.3, 0.4) is 0 Å². The molecule has 0 spiro atoms. The topological polar surface area (TPSA) is 76.9 Å². The van der Waals surface area contributed by atoms with Gasteiger partial charge in [0.15, 0.2) is 5.78 Å². The number of ketones is 1. The highest BCUT2D eigenvalue weighted by Gasteiger charge is 2.52. The summed E-state index contributed by atoms with van der Waals surface area (Å²) in [4.78, 5) is 32.4. The summed E-state index contributed by atoms with van der Waals surface area (Å²) >= 11 is 0. The number of ether oxygens (including phenoxy) is 1. The first kappa shape index (κ1) is 26.4. The minimum absolute atomic E-state index is 0.00382. The number of benzene rings is 1. The quantitative estimate of drug-likeness (QED) is 0.555. The third kappa shape index (κ3) is 5.83. The predicted octanol–water partition coefficient (Wildman–Crippen LogP) is 4.40. The Morgan fingerprint density at radius 3 is 2.53 bits per heavy atom. The minimum atomic E-state index is -0.648. The molecule has 196 valence electrons. The molecule has 1 aliphatic carbocycles. The van der Waals surface area contributed by atoms with Crippen LogP contribution in [0.5, 0.6) is 0 Å². The highest BCUT2D eigenvalue weighted by atomic mass is 19.1. The van der Waals surface area contributed by atoms with E-state index in [0.717, 1.165) is 57.7 Å². The number of Topliss-reactive ketones (excluding diaryl/α,β-unsaturated/α-hetero) is 1. The van der Waals surface area contributed by atoms with Gasteiger partial charge in [-0.05, 0) is 76.6 Å². The highest BCUT2D eigenvalue weighted by molar-refractivity contribution is 5.89. The molecule has 1 saturated carbocycles. The molecule has 3 aliphatic rings. The van der Waals surface area contributed by atoms with Crippen molar-refractivity contribution in [2.45, 2.75) is 77.5 Å². The van der Waals surface area contributed by atoms with Crippen molar-refractivity contribution in [3.63, 3.8) is 0 Å². The lowest BCUT2D eigenvalue weighted by molar-refractivity contribution is -0.126. The zero-order valence-electron chi connectivity index (χ0n) is 22.0. The third-order valence-corrected chi connectivity index (χ3v) is 7.84. The SMILES string of the molecule is CCN1CCN(c2ccc(C[C@@H](C#N)CC(=O)[C@@H]3[C@H]4CC[C@H](C4)N3C(=O)OC(C)(C)C)c(F)c2)CC1. The van der Waals surface area contributed by atoms with Gasteiger partial charge in [-0.2, -0.15) is 5.26 Å². The fourth-order valence-corrected chi connectivity index (χ4v) is 5.99. The molecule has 7 nitrogen and oxygen atoms in total. The van der Waals surface area contributed by atoms with E-state index in [1.165, 1.54) is 0 Å². The number of likely N-dealkylation sites (N-methyl/N-ethyl adjacent to an activating group) is 1. The van der Waals surface area contributed by atoms with Gasteiger partial charge in [0, 0.05) is 44.3 Å². The van der Waals surface area contributed by atoms with E-state index < -0.39 is 23.7 Å². The molecule has 2 saturated heterocycles. The van der Waals surface area contributed by atoms with Gasteiger partial charge >= 0.3 is 6.09 Å². The molecule has 0 N–H and O–H groups in total. The van der Waals surface area contributed by atoms with Crippen LogP contribution in [0.15, 0.2) is 18.2 Å². The zero-order valence-corrected chi connectivity index (χ0v) is 22.0. The number of hydrogen-bond acceptors (Lipinski definition) is 6. The molecule has 0 unspecified atom stereocenters. The third-order valence-electron chi connectivity index (χ3n) is 7.84. The first-order valence-corrected chi connectivity index (χ1v) is 13.3. The number of amides is 1. The molecule has 2 heterocycles. The van der Waals surface area contributed by atoms with Gasteiger partial charge in [0.2, 0.25) is 0 Å². The van der Waals surface area contributed by atoms with Crippen LogP contribution in [0.25, 0.3) is 0 Å². The number of anilines is 1. The molecule has 2 bridgehead atoms. The van der Waals surface area contributed by atoms with E-state index >= 15 is 4.39 Å². The average Bonchev–Trinajstić information content (AvgIpc) is 3.45. The second-order valence-electron chi connectivity index (χ2n) is 11.5. The minimum Gasteiger partial charge on any atom is -0.444 e. The smallest absolute Gasteiger partial charge is 0.411 e. The molecule has 8 heteroatoms. The van der Waals surface area contributed by atoms with E-state index in [0.29, 0.717) is 5.56 Å². The van der Waals surface area contributed by atoms with E-state index in [-0.39, 0.29) is 36.4 Å². The van der Waals surface area contributed by atoms with Crippen molar-refractivity contribution in [3.8, 4) is 6.07 Å². The number of likely N-dealkylation sites (tertiary alicyclic amines) is 1. The number of carbonyl (C=O) groups is 2. The van der Waals surface area contributed by atoms with E-state index in [2.05, 4.69) is 22.8 Å². The molecule has 36 heavy (non-hydrogen) atoms. The standard InChI is InChI=1S/C28H39FN4O3/c1-5-31-10-12-32(13-11-31)22-8-6-20(24(29)17-22)14-19(18-30)15-25(34)26-21-7-9-23(16-21)33(26)27(35)36-28(2,3)4/h6,8,17,19,21,23,26H,5,7,9-16H2,1-4H3/t19-,21+,23-,26+/m1/s1. The Balaban J connectivity index is 1.40. The maximum absolute atomic E-state index is 15.0. The summed E-state index contributed by atoms with van der Waals surface area (Å²) in [5.41, 5.74) is 0.656. The monoisotopic (exact) mass is 498 g/mol. The van der Waals surface area contributed by atoms with Crippen molar-refractivity contribution < 1.29 is 18.7 Å². The summed E-state index contributed by atoms with van der Waals surface area (Å²) in [6, 6.07) is 6.88. The largest absolute Gasteiger partial charge is 0.444 e. The fraction of sp³-hybridized carbons (Fsp3) is 0.679. The summed E-state index contributed by atoms with van der Waals surface area (Å²) in [5.74, 6) is -0.997. The number of rotatable bonds is 7. The molecule has 0 aromatic heterocycles. The van der Waals surface area contributed by atoms with Crippen molar-refractivity contribution in [3.05, 3.63) is 29.6 Å². The van der Waals surface area contributed by atoms with Crippen molar-refractivity contribution in [1.29, 1.82) is 5.26 Å². The van der Waals surface area contributed by atoms with Gasteiger partial charge in [-0.15, -0.1) is 0 Å². The Morgan fingerprint density at radius 2 is 1.92 bits per heavy atom. The van der Waals surface area contributed by atoms with E-state index in [4.69, 9.17) is 4.74 Å². The van der Waals surface area contributed by atoms with Crippen molar-refractivity contribution >= 4 is 17.6 Å². The van der Waals surface area contributed by atoms with Crippen LogP contribution in [0.1, 0.15) is 58.9 Å². The van der Waals surface area contributed by atoms with Crippen LogP contribution in [0.4, 0.5) is 14.9 Å². The first-order chi connectivity index (χ1) is 17.1. The molecule has 4 atom stereocenters. The molecule has 1 amide bonds. The number of nitriles is 1. The Morgan fingerprint density at radius 1 is 1.19 bits per heavy atom. The second kappa shape index (κ2) is 10.8. The fourth-order valence-electron chi connectivity index (χ4n) is 5.99. The van der Waals surface area contributed by atoms with Crippen LogP contribution in [0, 0.1) is 29.0 Å². The van der Waals surface area contributed by atoms with E-state index in [9.17, 15) is 14.9 Å². The molecule has 2 aliphatic heterocycles. The van der Waals surface area contributed by atoms with Gasteiger partial charge < -0.3 is 14.5 Å². The summed E-state index contributed by atoms with van der Waals surface area (Å²) in [6.45, 7) is 12.2. The van der Waals surface area contributed by atoms with Gasteiger partial charge in [0.1, 0.15) is 11.4 Å². The van der Waals surface area contributed by atoms with Crippen LogP contribution in [0.2, 0.25) is 0 Å². The van der Waals surface area contributed by atoms with Gasteiger partial charge in [-0.1, -0.05) is 13.0 Å². The van der Waals surface area contributed by atoms with Crippen LogP contribution >= 0.6 is 0 Å². The average molecular weight is 499 g/mol. The van der Waals surface area contributed by atoms with Crippen molar-refractivity contribution in [1.82, 2.24) is 9.80 Å². The van der Waals surface area contributed by atoms with Crippen molar-refractivity contribution in [2.75, 3.05) is 37.6 Å². The number of piperidine rings is 1. The normalized spacial score (nSPS) is 25.1. The lowest BCUT2D eigenvalue weighted by Crippen LogP contribution is -2.51. The van der Waals surface area contributed by atoms with Gasteiger partial charge in [-0.25, -0.2) is 9.18 Å². The van der Waals surface area contributed by atoms with Crippen LogP contribution < -0.4 is 4.90 Å². The van der Waals surface area contributed by atoms with Gasteiger partial charge in [-0.3, -0.25) is 9.69 Å².